The Kier molecular flexibility index (Phi) is 5.28. The molecule has 0 saturated heterocycles. The highest BCUT2D eigenvalue weighted by Gasteiger charge is 2.18. The molecule has 2 rings (SSSR count). The number of carbonyl (C=O) groups is 1. The molecule has 1 N–H and O–H groups in total. The lowest BCUT2D eigenvalue weighted by atomic mass is 10.1. The van der Waals surface area contributed by atoms with Crippen LogP contribution >= 0.6 is 11.8 Å². The number of carboxylic acid groups (broad SMARTS) is 1. The summed E-state index contributed by atoms with van der Waals surface area (Å²) in [5.74, 6) is -0.827. The molecule has 0 aromatic heterocycles. The van der Waals surface area contributed by atoms with Crippen LogP contribution in [0.15, 0.2) is 59.5 Å². The largest absolute Gasteiger partial charge is 0.480 e. The number of hydrogen-bond donors (Lipinski definition) is 1. The third-order valence-electron chi connectivity index (χ3n) is 3.46. The van der Waals surface area contributed by atoms with Crippen molar-refractivity contribution in [1.82, 2.24) is 0 Å². The third kappa shape index (κ3) is 4.02. The summed E-state index contributed by atoms with van der Waals surface area (Å²) in [7, 11) is 0. The number of aliphatic carboxylic acids is 1. The molecule has 0 heterocycles. The summed E-state index contributed by atoms with van der Waals surface area (Å²) in [6.07, 6.45) is 2.04. The van der Waals surface area contributed by atoms with Crippen LogP contribution in [-0.4, -0.2) is 23.9 Å². The number of benzene rings is 2. The zero-order valence-electron chi connectivity index (χ0n) is 12.2. The molecule has 1 atom stereocenters. The molecule has 110 valence electrons. The van der Waals surface area contributed by atoms with Crippen molar-refractivity contribution >= 4 is 23.4 Å². The molecular weight excluding hydrogens is 282 g/mol. The van der Waals surface area contributed by atoms with E-state index < -0.39 is 5.97 Å². The highest BCUT2D eigenvalue weighted by Crippen LogP contribution is 2.27. The van der Waals surface area contributed by atoms with Gasteiger partial charge in [-0.1, -0.05) is 30.3 Å². The smallest absolute Gasteiger partial charge is 0.323 e. The zero-order valence-corrected chi connectivity index (χ0v) is 13.0. The van der Waals surface area contributed by atoms with Gasteiger partial charge in [0.2, 0.25) is 0 Å². The van der Waals surface area contributed by atoms with E-state index in [1.54, 1.807) is 11.8 Å². The molecular formula is C17H19NO2S. The van der Waals surface area contributed by atoms with E-state index in [4.69, 9.17) is 0 Å². The monoisotopic (exact) mass is 301 g/mol. The molecule has 2 aromatic rings. The maximum atomic E-state index is 11.2. The number of rotatable bonds is 6. The molecule has 0 fully saturated rings. The number of para-hydroxylation sites is 1. The minimum Gasteiger partial charge on any atom is -0.480 e. The molecule has 4 heteroatoms. The van der Waals surface area contributed by atoms with Gasteiger partial charge >= 0.3 is 5.97 Å². The number of nitrogens with zero attached hydrogens (tertiary/aromatic N) is 1. The normalized spacial score (nSPS) is 11.9. The zero-order chi connectivity index (χ0) is 15.2. The molecule has 0 spiro atoms. The van der Waals surface area contributed by atoms with E-state index in [0.717, 1.165) is 11.3 Å². The first-order chi connectivity index (χ1) is 10.1. The third-order valence-corrected chi connectivity index (χ3v) is 4.20. The number of thioether (sulfide) groups is 1. The van der Waals surface area contributed by atoms with Crippen LogP contribution in [0.5, 0.6) is 0 Å². The molecule has 1 unspecified atom stereocenters. The number of anilines is 1. The van der Waals surface area contributed by atoms with Crippen LogP contribution < -0.4 is 4.90 Å². The summed E-state index contributed by atoms with van der Waals surface area (Å²) in [5, 5.41) is 9.18. The summed E-state index contributed by atoms with van der Waals surface area (Å²) >= 11 is 1.70. The maximum Gasteiger partial charge on any atom is 0.323 e. The lowest BCUT2D eigenvalue weighted by molar-refractivity contribution is -0.135. The topological polar surface area (TPSA) is 40.5 Å². The predicted molar refractivity (Wildman–Crippen MR) is 88.1 cm³/mol. The van der Waals surface area contributed by atoms with Gasteiger partial charge in [-0.2, -0.15) is 0 Å². The first kappa shape index (κ1) is 15.4. The van der Waals surface area contributed by atoms with Crippen molar-refractivity contribution in [2.24, 2.45) is 0 Å². The van der Waals surface area contributed by atoms with Gasteiger partial charge in [0.05, 0.1) is 6.04 Å². The summed E-state index contributed by atoms with van der Waals surface area (Å²) in [6.45, 7) is 2.01. The van der Waals surface area contributed by atoms with Gasteiger partial charge in [0.1, 0.15) is 6.54 Å². The minimum atomic E-state index is -0.827. The molecule has 0 saturated carbocycles. The highest BCUT2D eigenvalue weighted by molar-refractivity contribution is 7.98. The second-order valence-corrected chi connectivity index (χ2v) is 5.69. The Morgan fingerprint density at radius 2 is 1.76 bits per heavy atom. The Morgan fingerprint density at radius 1 is 1.14 bits per heavy atom. The molecule has 0 bridgehead atoms. The highest BCUT2D eigenvalue weighted by atomic mass is 32.2. The van der Waals surface area contributed by atoms with Gasteiger partial charge in [-0.25, -0.2) is 0 Å². The molecule has 2 aromatic carbocycles. The Hall–Kier alpha value is -1.94. The van der Waals surface area contributed by atoms with Gasteiger partial charge in [0.25, 0.3) is 0 Å². The van der Waals surface area contributed by atoms with Crippen LogP contribution in [-0.2, 0) is 4.79 Å². The van der Waals surface area contributed by atoms with Gasteiger partial charge in [-0.3, -0.25) is 4.79 Å². The van der Waals surface area contributed by atoms with Crippen molar-refractivity contribution in [3.05, 3.63) is 60.2 Å². The van der Waals surface area contributed by atoms with Crippen LogP contribution in [0.25, 0.3) is 0 Å². The van der Waals surface area contributed by atoms with Crippen molar-refractivity contribution in [3.63, 3.8) is 0 Å². The Bertz CT molecular complexity index is 583. The van der Waals surface area contributed by atoms with Crippen molar-refractivity contribution in [1.29, 1.82) is 0 Å². The molecule has 0 aliphatic heterocycles. The van der Waals surface area contributed by atoms with E-state index in [0.29, 0.717) is 0 Å². The first-order valence-corrected chi connectivity index (χ1v) is 8.01. The van der Waals surface area contributed by atoms with E-state index in [-0.39, 0.29) is 12.6 Å². The lowest BCUT2D eigenvalue weighted by Crippen LogP contribution is -2.32. The van der Waals surface area contributed by atoms with Crippen LogP contribution in [0.1, 0.15) is 18.5 Å². The van der Waals surface area contributed by atoms with Crippen molar-refractivity contribution in [2.45, 2.75) is 17.9 Å². The average Bonchev–Trinajstić information content (AvgIpc) is 2.53. The van der Waals surface area contributed by atoms with Crippen molar-refractivity contribution in [2.75, 3.05) is 17.7 Å². The SMILES string of the molecule is CSc1ccc(C(C)N(CC(=O)O)c2ccccc2)cc1. The summed E-state index contributed by atoms with van der Waals surface area (Å²) in [4.78, 5) is 14.3. The molecule has 0 aliphatic rings. The first-order valence-electron chi connectivity index (χ1n) is 6.79. The molecule has 0 aliphatic carbocycles. The summed E-state index contributed by atoms with van der Waals surface area (Å²) in [6, 6.07) is 17.9. The predicted octanol–water partition coefficient (Wildman–Crippen LogP) is 4.06. The van der Waals surface area contributed by atoms with Crippen molar-refractivity contribution < 1.29 is 9.90 Å². The number of hydrogen-bond acceptors (Lipinski definition) is 3. The van der Waals surface area contributed by atoms with Crippen LogP contribution in [0.2, 0.25) is 0 Å². The average molecular weight is 301 g/mol. The quantitative estimate of drug-likeness (QED) is 0.817. The van der Waals surface area contributed by atoms with E-state index in [2.05, 4.69) is 24.3 Å². The van der Waals surface area contributed by atoms with E-state index in [1.807, 2.05) is 48.4 Å². The minimum absolute atomic E-state index is 0.000550. The van der Waals surface area contributed by atoms with Crippen LogP contribution in [0.3, 0.4) is 0 Å². The van der Waals surface area contributed by atoms with Crippen LogP contribution in [0, 0.1) is 0 Å². The second kappa shape index (κ2) is 7.18. The van der Waals surface area contributed by atoms with Crippen molar-refractivity contribution in [3.8, 4) is 0 Å². The Labute approximate surface area is 129 Å². The fourth-order valence-electron chi connectivity index (χ4n) is 2.28. The van der Waals surface area contributed by atoms with Crippen LogP contribution in [0.4, 0.5) is 5.69 Å². The maximum absolute atomic E-state index is 11.2. The van der Waals surface area contributed by atoms with Gasteiger partial charge < -0.3 is 10.0 Å². The molecule has 0 amide bonds. The van der Waals surface area contributed by atoms with Gasteiger partial charge in [0.15, 0.2) is 0 Å². The van der Waals surface area contributed by atoms with E-state index >= 15 is 0 Å². The van der Waals surface area contributed by atoms with Gasteiger partial charge in [-0.05, 0) is 43.0 Å². The lowest BCUT2D eigenvalue weighted by Gasteiger charge is -2.30. The molecule has 0 radical (unpaired) electrons. The fraction of sp³-hybridized carbons (Fsp3) is 0.235. The molecule has 3 nitrogen and oxygen atoms in total. The molecule has 21 heavy (non-hydrogen) atoms. The van der Waals surface area contributed by atoms with E-state index in [9.17, 15) is 9.90 Å². The van der Waals surface area contributed by atoms with E-state index in [1.165, 1.54) is 4.90 Å². The van der Waals surface area contributed by atoms with Gasteiger partial charge in [0, 0.05) is 10.6 Å². The fourth-order valence-corrected chi connectivity index (χ4v) is 2.69. The summed E-state index contributed by atoms with van der Waals surface area (Å²) < 4.78 is 0. The summed E-state index contributed by atoms with van der Waals surface area (Å²) in [5.41, 5.74) is 2.03. The van der Waals surface area contributed by atoms with Gasteiger partial charge in [-0.15, -0.1) is 11.8 Å². The second-order valence-electron chi connectivity index (χ2n) is 4.81. The standard InChI is InChI=1S/C17H19NO2S/c1-13(14-8-10-16(21-2)11-9-14)18(12-17(19)20)15-6-4-3-5-7-15/h3-11,13H,12H2,1-2H3,(H,19,20). The number of carboxylic acids is 1. The Balaban J connectivity index is 2.28. The Morgan fingerprint density at radius 3 is 2.29 bits per heavy atom.